The maximum atomic E-state index is 12.0. The fourth-order valence-electron chi connectivity index (χ4n) is 1.74. The average molecular weight is 462 g/mol. The Kier molecular flexibility index (Phi) is 8.07. The van der Waals surface area contributed by atoms with Gasteiger partial charge in [0.25, 0.3) is 5.91 Å². The standard InChI is InChI=1S/C12H16Br3NOS/c1-2-3-8(4-5-13)7-16-12(17)9-6-10(14)18-11(9)15/h6,8H,2-5,7H2,1H3,(H,16,17). The molecule has 1 N–H and O–H groups in total. The molecule has 0 bridgehead atoms. The van der Waals surface area contributed by atoms with E-state index in [9.17, 15) is 4.79 Å². The van der Waals surface area contributed by atoms with Gasteiger partial charge in [-0.1, -0.05) is 29.3 Å². The molecule has 1 heterocycles. The van der Waals surface area contributed by atoms with Crippen LogP contribution in [-0.4, -0.2) is 17.8 Å². The van der Waals surface area contributed by atoms with E-state index in [0.717, 1.165) is 38.7 Å². The first-order valence-corrected chi connectivity index (χ1v) is 9.39. The highest BCUT2D eigenvalue weighted by Gasteiger charge is 2.15. The number of thiophene rings is 1. The van der Waals surface area contributed by atoms with Crippen molar-refractivity contribution < 1.29 is 4.79 Å². The molecule has 0 aliphatic heterocycles. The summed E-state index contributed by atoms with van der Waals surface area (Å²) in [5.74, 6) is 0.554. The molecule has 1 aromatic heterocycles. The summed E-state index contributed by atoms with van der Waals surface area (Å²) in [5, 5.41) is 4.01. The van der Waals surface area contributed by atoms with Crippen LogP contribution in [0.4, 0.5) is 0 Å². The Bertz CT molecular complexity index is 389. The second-order valence-electron chi connectivity index (χ2n) is 4.08. The van der Waals surface area contributed by atoms with Gasteiger partial charge in [0.2, 0.25) is 0 Å². The fourth-order valence-corrected chi connectivity index (χ4v) is 5.18. The van der Waals surface area contributed by atoms with Gasteiger partial charge >= 0.3 is 0 Å². The molecule has 1 rings (SSSR count). The quantitative estimate of drug-likeness (QED) is 0.555. The molecule has 1 unspecified atom stereocenters. The third-order valence-electron chi connectivity index (χ3n) is 2.67. The topological polar surface area (TPSA) is 29.1 Å². The molecule has 0 aliphatic rings. The van der Waals surface area contributed by atoms with E-state index < -0.39 is 0 Å². The molecule has 1 atom stereocenters. The lowest BCUT2D eigenvalue weighted by molar-refractivity contribution is 0.0946. The predicted molar refractivity (Wildman–Crippen MR) is 88.9 cm³/mol. The zero-order chi connectivity index (χ0) is 13.5. The molecule has 6 heteroatoms. The summed E-state index contributed by atoms with van der Waals surface area (Å²) in [7, 11) is 0. The third-order valence-corrected chi connectivity index (χ3v) is 5.46. The van der Waals surface area contributed by atoms with Crippen LogP contribution in [0.2, 0.25) is 0 Å². The molecule has 2 nitrogen and oxygen atoms in total. The van der Waals surface area contributed by atoms with E-state index in [4.69, 9.17) is 0 Å². The number of carbonyl (C=O) groups is 1. The van der Waals surface area contributed by atoms with Gasteiger partial charge in [-0.2, -0.15) is 0 Å². The molecule has 0 saturated carbocycles. The van der Waals surface area contributed by atoms with Crippen molar-refractivity contribution in [1.29, 1.82) is 0 Å². The molecule has 0 saturated heterocycles. The highest BCUT2D eigenvalue weighted by molar-refractivity contribution is 9.12. The Morgan fingerprint density at radius 1 is 1.44 bits per heavy atom. The van der Waals surface area contributed by atoms with Crippen molar-refractivity contribution >= 4 is 65.0 Å². The van der Waals surface area contributed by atoms with Crippen LogP contribution in [-0.2, 0) is 0 Å². The van der Waals surface area contributed by atoms with Gasteiger partial charge in [-0.05, 0) is 56.7 Å². The highest BCUT2D eigenvalue weighted by atomic mass is 79.9. The van der Waals surface area contributed by atoms with Crippen LogP contribution in [0.1, 0.15) is 36.5 Å². The van der Waals surface area contributed by atoms with Crippen molar-refractivity contribution in [2.24, 2.45) is 5.92 Å². The summed E-state index contributed by atoms with van der Waals surface area (Å²) in [4.78, 5) is 12.0. The van der Waals surface area contributed by atoms with Crippen molar-refractivity contribution in [2.45, 2.75) is 26.2 Å². The fraction of sp³-hybridized carbons (Fsp3) is 0.583. The first-order chi connectivity index (χ1) is 8.58. The van der Waals surface area contributed by atoms with Crippen molar-refractivity contribution in [3.63, 3.8) is 0 Å². The number of alkyl halides is 1. The Hall–Kier alpha value is 0.610. The largest absolute Gasteiger partial charge is 0.352 e. The summed E-state index contributed by atoms with van der Waals surface area (Å²) in [6, 6.07) is 1.85. The number of nitrogens with one attached hydrogen (secondary N) is 1. The third kappa shape index (κ3) is 5.31. The zero-order valence-electron chi connectivity index (χ0n) is 10.1. The lowest BCUT2D eigenvalue weighted by Gasteiger charge is -2.15. The van der Waals surface area contributed by atoms with Gasteiger partial charge < -0.3 is 5.32 Å². The molecule has 102 valence electrons. The number of hydrogen-bond donors (Lipinski definition) is 1. The number of carbonyl (C=O) groups excluding carboxylic acids is 1. The molecular weight excluding hydrogens is 446 g/mol. The second kappa shape index (κ2) is 8.72. The molecule has 0 spiro atoms. The molecule has 0 aliphatic carbocycles. The van der Waals surface area contributed by atoms with E-state index in [-0.39, 0.29) is 5.91 Å². The maximum Gasteiger partial charge on any atom is 0.253 e. The van der Waals surface area contributed by atoms with Crippen molar-refractivity contribution in [1.82, 2.24) is 5.32 Å². The van der Waals surface area contributed by atoms with E-state index in [2.05, 4.69) is 60.0 Å². The minimum Gasteiger partial charge on any atom is -0.352 e. The van der Waals surface area contributed by atoms with Crippen LogP contribution in [0.15, 0.2) is 13.6 Å². The molecular formula is C12H16Br3NOS. The summed E-state index contributed by atoms with van der Waals surface area (Å²) >= 11 is 11.8. The maximum absolute atomic E-state index is 12.0. The highest BCUT2D eigenvalue weighted by Crippen LogP contribution is 2.31. The minimum atomic E-state index is -0.000462. The SMILES string of the molecule is CCCC(CCBr)CNC(=O)c1cc(Br)sc1Br. The Morgan fingerprint density at radius 2 is 2.17 bits per heavy atom. The second-order valence-corrected chi connectivity index (χ2v) is 8.62. The van der Waals surface area contributed by atoms with Crippen LogP contribution in [0.3, 0.4) is 0 Å². The van der Waals surface area contributed by atoms with E-state index in [0.29, 0.717) is 11.5 Å². The van der Waals surface area contributed by atoms with Gasteiger partial charge in [-0.15, -0.1) is 11.3 Å². The van der Waals surface area contributed by atoms with Crippen LogP contribution >= 0.6 is 59.1 Å². The van der Waals surface area contributed by atoms with Crippen LogP contribution in [0, 0.1) is 5.92 Å². The van der Waals surface area contributed by atoms with Crippen LogP contribution in [0.5, 0.6) is 0 Å². The Labute approximate surface area is 137 Å². The predicted octanol–water partition coefficient (Wildman–Crippen LogP) is 5.20. The summed E-state index contributed by atoms with van der Waals surface area (Å²) in [5.41, 5.74) is 0.709. The molecule has 1 aromatic rings. The lowest BCUT2D eigenvalue weighted by Crippen LogP contribution is -2.29. The van der Waals surface area contributed by atoms with Crippen molar-refractivity contribution in [3.05, 3.63) is 19.2 Å². The monoisotopic (exact) mass is 459 g/mol. The van der Waals surface area contributed by atoms with Gasteiger partial charge in [0.05, 0.1) is 13.1 Å². The average Bonchev–Trinajstić information content (AvgIpc) is 2.65. The smallest absolute Gasteiger partial charge is 0.253 e. The first-order valence-electron chi connectivity index (χ1n) is 5.87. The molecule has 0 fully saturated rings. The van der Waals surface area contributed by atoms with E-state index in [1.807, 2.05) is 6.07 Å². The normalized spacial score (nSPS) is 12.4. The summed E-state index contributed by atoms with van der Waals surface area (Å²) in [6.45, 7) is 2.92. The van der Waals surface area contributed by atoms with Gasteiger partial charge in [0.1, 0.15) is 0 Å². The number of halogens is 3. The van der Waals surface area contributed by atoms with Crippen molar-refractivity contribution in [3.8, 4) is 0 Å². The Morgan fingerprint density at radius 3 is 2.67 bits per heavy atom. The van der Waals surface area contributed by atoms with E-state index in [1.54, 1.807) is 0 Å². The van der Waals surface area contributed by atoms with E-state index in [1.165, 1.54) is 11.3 Å². The van der Waals surface area contributed by atoms with Crippen molar-refractivity contribution in [2.75, 3.05) is 11.9 Å². The molecule has 0 aromatic carbocycles. The van der Waals surface area contributed by atoms with Gasteiger partial charge in [0, 0.05) is 11.9 Å². The zero-order valence-corrected chi connectivity index (χ0v) is 15.7. The minimum absolute atomic E-state index is 0.000462. The Balaban J connectivity index is 2.51. The van der Waals surface area contributed by atoms with Gasteiger partial charge in [0.15, 0.2) is 0 Å². The summed E-state index contributed by atoms with van der Waals surface area (Å²) < 4.78 is 1.84. The number of hydrogen-bond acceptors (Lipinski definition) is 2. The lowest BCUT2D eigenvalue weighted by atomic mass is 10.0. The molecule has 0 radical (unpaired) electrons. The van der Waals surface area contributed by atoms with Crippen LogP contribution in [0.25, 0.3) is 0 Å². The number of amides is 1. The van der Waals surface area contributed by atoms with E-state index >= 15 is 0 Å². The molecule has 1 amide bonds. The molecule has 18 heavy (non-hydrogen) atoms. The van der Waals surface area contributed by atoms with Gasteiger partial charge in [-0.25, -0.2) is 0 Å². The van der Waals surface area contributed by atoms with Crippen LogP contribution < -0.4 is 5.32 Å². The summed E-state index contributed by atoms with van der Waals surface area (Å²) in [6.07, 6.45) is 3.41. The van der Waals surface area contributed by atoms with Gasteiger partial charge in [-0.3, -0.25) is 4.79 Å². The number of rotatable bonds is 7. The first kappa shape index (κ1) is 16.7.